The van der Waals surface area contributed by atoms with Crippen LogP contribution in [0.3, 0.4) is 0 Å². The second-order valence-electron chi connectivity index (χ2n) is 4.24. The van der Waals surface area contributed by atoms with Gasteiger partial charge in [0.25, 0.3) is 0 Å². The number of hydrogen-bond acceptors (Lipinski definition) is 3. The number of nitrogens with zero attached hydrogens (tertiary/aromatic N) is 1. The summed E-state index contributed by atoms with van der Waals surface area (Å²) in [7, 11) is 0. The van der Waals surface area contributed by atoms with Gasteiger partial charge in [-0.25, -0.2) is 0 Å². The van der Waals surface area contributed by atoms with Gasteiger partial charge in [-0.3, -0.25) is 9.69 Å². The maximum Gasteiger partial charge on any atom is 0.320 e. The van der Waals surface area contributed by atoms with Crippen molar-refractivity contribution in [3.63, 3.8) is 0 Å². The molecular weight excluding hydrogens is 286 g/mol. The van der Waals surface area contributed by atoms with Crippen LogP contribution in [0.25, 0.3) is 0 Å². The van der Waals surface area contributed by atoms with E-state index in [1.165, 1.54) is 0 Å². The van der Waals surface area contributed by atoms with Gasteiger partial charge in [0.05, 0.1) is 0 Å². The molecule has 1 aromatic rings. The Morgan fingerprint density at radius 3 is 3.00 bits per heavy atom. The summed E-state index contributed by atoms with van der Waals surface area (Å²) in [6.07, 6.45) is 1.61. The minimum Gasteiger partial charge on any atom is -0.508 e. The molecule has 1 aliphatic heterocycles. The molecule has 0 radical (unpaired) electrons. The van der Waals surface area contributed by atoms with E-state index in [1.54, 1.807) is 18.2 Å². The van der Waals surface area contributed by atoms with Crippen LogP contribution < -0.4 is 0 Å². The number of phenolic OH excluding ortho intramolecular Hbond substituents is 1. The molecule has 2 N–H and O–H groups in total. The van der Waals surface area contributed by atoms with E-state index in [2.05, 4.69) is 15.9 Å². The highest BCUT2D eigenvalue weighted by Gasteiger charge is 2.30. The van der Waals surface area contributed by atoms with E-state index in [1.807, 2.05) is 4.90 Å². The van der Waals surface area contributed by atoms with Crippen molar-refractivity contribution in [2.24, 2.45) is 0 Å². The highest BCUT2D eigenvalue weighted by atomic mass is 79.9. The average Bonchev–Trinajstić information content (AvgIpc) is 2.71. The first kappa shape index (κ1) is 12.4. The van der Waals surface area contributed by atoms with Gasteiger partial charge in [-0.15, -0.1) is 0 Å². The molecule has 1 atom stereocenters. The molecule has 0 amide bonds. The Morgan fingerprint density at radius 2 is 2.29 bits per heavy atom. The molecule has 4 nitrogen and oxygen atoms in total. The molecule has 0 aromatic heterocycles. The van der Waals surface area contributed by atoms with Crippen molar-refractivity contribution in [3.8, 4) is 5.75 Å². The number of aliphatic carboxylic acids is 1. The van der Waals surface area contributed by atoms with Crippen LogP contribution in [0.15, 0.2) is 22.7 Å². The van der Waals surface area contributed by atoms with Crippen molar-refractivity contribution in [1.29, 1.82) is 0 Å². The summed E-state index contributed by atoms with van der Waals surface area (Å²) in [5, 5.41) is 18.5. The van der Waals surface area contributed by atoms with Crippen LogP contribution in [0.4, 0.5) is 0 Å². The lowest BCUT2D eigenvalue weighted by atomic mass is 10.1. The number of likely N-dealkylation sites (tertiary alicyclic amines) is 1. The van der Waals surface area contributed by atoms with E-state index in [0.29, 0.717) is 13.0 Å². The Bertz CT molecular complexity index is 436. The Balaban J connectivity index is 2.15. The molecule has 0 aliphatic carbocycles. The molecule has 1 saturated heterocycles. The third kappa shape index (κ3) is 2.79. The van der Waals surface area contributed by atoms with Gasteiger partial charge in [0, 0.05) is 11.0 Å². The fraction of sp³-hybridized carbons (Fsp3) is 0.417. The van der Waals surface area contributed by atoms with Crippen LogP contribution in [0.2, 0.25) is 0 Å². The summed E-state index contributed by atoms with van der Waals surface area (Å²) in [6, 6.07) is 4.65. The number of aromatic hydroxyl groups is 1. The van der Waals surface area contributed by atoms with E-state index in [9.17, 15) is 9.90 Å². The van der Waals surface area contributed by atoms with Crippen LogP contribution >= 0.6 is 15.9 Å². The third-order valence-corrected chi connectivity index (χ3v) is 3.83. The highest BCUT2D eigenvalue weighted by Crippen LogP contribution is 2.26. The summed E-state index contributed by atoms with van der Waals surface area (Å²) < 4.78 is 0.895. The number of carbonyl (C=O) groups is 1. The number of carboxylic acid groups (broad SMARTS) is 1. The van der Waals surface area contributed by atoms with Gasteiger partial charge in [0.1, 0.15) is 11.8 Å². The Morgan fingerprint density at radius 1 is 1.53 bits per heavy atom. The van der Waals surface area contributed by atoms with Gasteiger partial charge in [0.15, 0.2) is 0 Å². The van der Waals surface area contributed by atoms with Crippen molar-refractivity contribution in [2.45, 2.75) is 25.4 Å². The minimum absolute atomic E-state index is 0.203. The van der Waals surface area contributed by atoms with Crippen LogP contribution in [-0.2, 0) is 11.3 Å². The van der Waals surface area contributed by atoms with Crippen LogP contribution in [0, 0.1) is 0 Å². The molecule has 17 heavy (non-hydrogen) atoms. The molecule has 1 heterocycles. The fourth-order valence-corrected chi connectivity index (χ4v) is 2.57. The van der Waals surface area contributed by atoms with E-state index >= 15 is 0 Å². The van der Waals surface area contributed by atoms with Gasteiger partial charge in [-0.1, -0.05) is 15.9 Å². The molecule has 2 rings (SSSR count). The number of hydrogen-bond donors (Lipinski definition) is 2. The highest BCUT2D eigenvalue weighted by molar-refractivity contribution is 9.10. The molecule has 0 unspecified atom stereocenters. The quantitative estimate of drug-likeness (QED) is 0.898. The topological polar surface area (TPSA) is 60.8 Å². The lowest BCUT2D eigenvalue weighted by molar-refractivity contribution is -0.142. The molecule has 0 bridgehead atoms. The van der Waals surface area contributed by atoms with E-state index in [0.717, 1.165) is 23.0 Å². The average molecular weight is 300 g/mol. The SMILES string of the molecule is O=C(O)[C@@H]1CCCN1Cc1cc(O)ccc1Br. The summed E-state index contributed by atoms with van der Waals surface area (Å²) in [4.78, 5) is 13.0. The third-order valence-electron chi connectivity index (χ3n) is 3.05. The van der Waals surface area contributed by atoms with Crippen molar-refractivity contribution < 1.29 is 15.0 Å². The number of rotatable bonds is 3. The van der Waals surface area contributed by atoms with Gasteiger partial charge in [-0.05, 0) is 43.1 Å². The Hall–Kier alpha value is -1.07. The predicted molar refractivity (Wildman–Crippen MR) is 66.9 cm³/mol. The van der Waals surface area contributed by atoms with Crippen molar-refractivity contribution in [3.05, 3.63) is 28.2 Å². The van der Waals surface area contributed by atoms with Gasteiger partial charge in [0.2, 0.25) is 0 Å². The van der Waals surface area contributed by atoms with Crippen molar-refractivity contribution in [2.75, 3.05) is 6.54 Å². The van der Waals surface area contributed by atoms with Gasteiger partial charge >= 0.3 is 5.97 Å². The second kappa shape index (κ2) is 5.06. The Labute approximate surface area is 108 Å². The zero-order chi connectivity index (χ0) is 12.4. The standard InChI is InChI=1S/C12H14BrNO3/c13-10-4-3-9(15)6-8(10)7-14-5-1-2-11(14)12(16)17/h3-4,6,11,15H,1-2,5,7H2,(H,16,17)/t11-/m0/s1. The number of halogens is 1. The number of benzene rings is 1. The fourth-order valence-electron chi connectivity index (χ4n) is 2.20. The zero-order valence-electron chi connectivity index (χ0n) is 9.27. The predicted octanol–water partition coefficient (Wildman–Crippen LogP) is 2.20. The summed E-state index contributed by atoms with van der Waals surface area (Å²) in [5.41, 5.74) is 0.915. The second-order valence-corrected chi connectivity index (χ2v) is 5.10. The first-order valence-corrected chi connectivity index (χ1v) is 6.31. The molecule has 92 valence electrons. The van der Waals surface area contributed by atoms with Gasteiger partial charge in [-0.2, -0.15) is 0 Å². The summed E-state index contributed by atoms with van der Waals surface area (Å²) in [5.74, 6) is -0.562. The molecule has 1 aliphatic rings. The van der Waals surface area contributed by atoms with Crippen LogP contribution in [0.5, 0.6) is 5.75 Å². The maximum atomic E-state index is 11.1. The molecule has 0 saturated carbocycles. The molecule has 1 fully saturated rings. The van der Waals surface area contributed by atoms with E-state index in [4.69, 9.17) is 5.11 Å². The minimum atomic E-state index is -0.765. The monoisotopic (exact) mass is 299 g/mol. The maximum absolute atomic E-state index is 11.1. The van der Waals surface area contributed by atoms with Crippen molar-refractivity contribution >= 4 is 21.9 Å². The molecular formula is C12H14BrNO3. The molecule has 1 aromatic carbocycles. The molecule has 5 heteroatoms. The largest absolute Gasteiger partial charge is 0.508 e. The van der Waals surface area contributed by atoms with Crippen LogP contribution in [-0.4, -0.2) is 33.7 Å². The summed E-state index contributed by atoms with van der Waals surface area (Å²) >= 11 is 3.41. The summed E-state index contributed by atoms with van der Waals surface area (Å²) in [6.45, 7) is 1.34. The smallest absolute Gasteiger partial charge is 0.320 e. The zero-order valence-corrected chi connectivity index (χ0v) is 10.9. The van der Waals surface area contributed by atoms with E-state index < -0.39 is 12.0 Å². The van der Waals surface area contributed by atoms with E-state index in [-0.39, 0.29) is 5.75 Å². The number of carboxylic acids is 1. The van der Waals surface area contributed by atoms with Crippen molar-refractivity contribution in [1.82, 2.24) is 4.90 Å². The lowest BCUT2D eigenvalue weighted by Gasteiger charge is -2.21. The first-order valence-electron chi connectivity index (χ1n) is 5.52. The molecule has 0 spiro atoms. The van der Waals surface area contributed by atoms with Gasteiger partial charge < -0.3 is 10.2 Å². The normalized spacial score (nSPS) is 20.6. The number of phenols is 1. The van der Waals surface area contributed by atoms with Crippen LogP contribution in [0.1, 0.15) is 18.4 Å². The first-order chi connectivity index (χ1) is 8.08. The lowest BCUT2D eigenvalue weighted by Crippen LogP contribution is -2.35. The Kier molecular flexibility index (Phi) is 3.69.